The average molecular weight is 337 g/mol. The second-order valence-electron chi connectivity index (χ2n) is 5.34. The molecule has 1 aliphatic carbocycles. The van der Waals surface area contributed by atoms with Crippen LogP contribution in [0.25, 0.3) is 0 Å². The molecule has 1 aromatic rings. The molecule has 0 unspecified atom stereocenters. The van der Waals surface area contributed by atoms with Gasteiger partial charge in [-0.1, -0.05) is 23.2 Å². The first-order chi connectivity index (χ1) is 9.21. The summed E-state index contributed by atoms with van der Waals surface area (Å²) in [6.45, 7) is 0. The monoisotopic (exact) mass is 336 g/mol. The first-order valence-electron chi connectivity index (χ1n) is 6.08. The van der Waals surface area contributed by atoms with E-state index in [1.54, 1.807) is 12.1 Å². The van der Waals surface area contributed by atoms with Crippen LogP contribution in [-0.2, 0) is 20.4 Å². The fourth-order valence-electron chi connectivity index (χ4n) is 2.28. The third-order valence-electron chi connectivity index (χ3n) is 3.39. The van der Waals surface area contributed by atoms with Crippen LogP contribution >= 0.6 is 23.2 Å². The van der Waals surface area contributed by atoms with E-state index < -0.39 is 21.2 Å². The number of carbonyl (C=O) groups is 1. The Kier molecular flexibility index (Phi) is 4.33. The third kappa shape index (κ3) is 4.11. The van der Waals surface area contributed by atoms with Crippen LogP contribution in [0.15, 0.2) is 18.2 Å². The predicted octanol–water partition coefficient (Wildman–Crippen LogP) is 3.16. The van der Waals surface area contributed by atoms with E-state index in [0.717, 1.165) is 0 Å². The zero-order valence-corrected chi connectivity index (χ0v) is 12.9. The van der Waals surface area contributed by atoms with Gasteiger partial charge in [-0.3, -0.25) is 4.79 Å². The summed E-state index contributed by atoms with van der Waals surface area (Å²) in [5.41, 5.74) is -0.138. The number of carboxylic acids is 1. The molecule has 1 N–H and O–H groups in total. The largest absolute Gasteiger partial charge is 0.481 e. The van der Waals surface area contributed by atoms with Crippen molar-refractivity contribution in [3.63, 3.8) is 0 Å². The number of hydrogen-bond acceptors (Lipinski definition) is 3. The number of carboxylic acid groups (broad SMARTS) is 1. The molecule has 0 spiro atoms. The lowest BCUT2D eigenvalue weighted by Gasteiger charge is -2.13. The highest BCUT2D eigenvalue weighted by molar-refractivity contribution is 7.90. The SMILES string of the molecule is O=C(O)CC1(CS(=O)(=O)Cc2cc(Cl)ccc2Cl)CC1. The van der Waals surface area contributed by atoms with E-state index in [9.17, 15) is 13.2 Å². The van der Waals surface area contributed by atoms with Crippen LogP contribution in [0.3, 0.4) is 0 Å². The van der Waals surface area contributed by atoms with Gasteiger partial charge in [-0.15, -0.1) is 0 Å². The second-order valence-corrected chi connectivity index (χ2v) is 8.25. The lowest BCUT2D eigenvalue weighted by molar-refractivity contribution is -0.138. The van der Waals surface area contributed by atoms with Gasteiger partial charge in [0.05, 0.1) is 17.9 Å². The Balaban J connectivity index is 2.12. The molecule has 0 heterocycles. The molecule has 20 heavy (non-hydrogen) atoms. The van der Waals surface area contributed by atoms with Gasteiger partial charge in [0.25, 0.3) is 0 Å². The zero-order valence-electron chi connectivity index (χ0n) is 10.6. The van der Waals surface area contributed by atoms with Crippen LogP contribution in [0.1, 0.15) is 24.8 Å². The molecule has 0 aromatic heterocycles. The molecule has 0 amide bonds. The van der Waals surface area contributed by atoms with E-state index in [2.05, 4.69) is 0 Å². The van der Waals surface area contributed by atoms with Crippen molar-refractivity contribution in [1.82, 2.24) is 0 Å². The highest BCUT2D eigenvalue weighted by Crippen LogP contribution is 2.50. The van der Waals surface area contributed by atoms with E-state index in [4.69, 9.17) is 28.3 Å². The van der Waals surface area contributed by atoms with E-state index >= 15 is 0 Å². The van der Waals surface area contributed by atoms with Gasteiger partial charge in [0.15, 0.2) is 9.84 Å². The van der Waals surface area contributed by atoms with Gasteiger partial charge in [-0.2, -0.15) is 0 Å². The second kappa shape index (κ2) is 5.54. The summed E-state index contributed by atoms with van der Waals surface area (Å²) in [7, 11) is -3.42. The first kappa shape index (κ1) is 15.6. The van der Waals surface area contributed by atoms with Gasteiger partial charge in [0.2, 0.25) is 0 Å². The lowest BCUT2D eigenvalue weighted by Crippen LogP contribution is -2.21. The molecule has 7 heteroatoms. The normalized spacial score (nSPS) is 16.9. The van der Waals surface area contributed by atoms with Gasteiger partial charge in [0.1, 0.15) is 0 Å². The number of aliphatic carboxylic acids is 1. The Morgan fingerprint density at radius 2 is 1.95 bits per heavy atom. The minimum absolute atomic E-state index is 0.102. The smallest absolute Gasteiger partial charge is 0.303 e. The molecule has 1 fully saturated rings. The van der Waals surface area contributed by atoms with Crippen molar-refractivity contribution >= 4 is 39.0 Å². The molecule has 0 bridgehead atoms. The lowest BCUT2D eigenvalue weighted by atomic mass is 10.1. The van der Waals surface area contributed by atoms with Crippen molar-refractivity contribution in [2.24, 2.45) is 5.41 Å². The molecule has 1 saturated carbocycles. The van der Waals surface area contributed by atoms with E-state index in [0.29, 0.717) is 28.5 Å². The standard InChI is InChI=1S/C13H14Cl2O4S/c14-10-1-2-11(15)9(5-10)7-20(18,19)8-13(3-4-13)6-12(16)17/h1-2,5H,3-4,6-8H2,(H,16,17). The number of rotatable bonds is 6. The van der Waals surface area contributed by atoms with Crippen molar-refractivity contribution in [1.29, 1.82) is 0 Å². The zero-order chi connectivity index (χ0) is 15.0. The summed E-state index contributed by atoms with van der Waals surface area (Å²) in [5.74, 6) is -1.29. The number of hydrogen-bond donors (Lipinski definition) is 1. The average Bonchev–Trinajstić information content (AvgIpc) is 3.00. The van der Waals surface area contributed by atoms with Gasteiger partial charge >= 0.3 is 5.97 Å². The van der Waals surface area contributed by atoms with Gasteiger partial charge < -0.3 is 5.11 Å². The Morgan fingerprint density at radius 3 is 2.50 bits per heavy atom. The molecule has 1 aromatic carbocycles. The highest BCUT2D eigenvalue weighted by Gasteiger charge is 2.47. The molecule has 0 radical (unpaired) electrons. The quantitative estimate of drug-likeness (QED) is 0.865. The van der Waals surface area contributed by atoms with Crippen LogP contribution in [0.5, 0.6) is 0 Å². The maximum absolute atomic E-state index is 12.2. The summed E-state index contributed by atoms with van der Waals surface area (Å²) in [6.07, 6.45) is 1.18. The molecular weight excluding hydrogens is 323 g/mol. The minimum Gasteiger partial charge on any atom is -0.481 e. The number of benzene rings is 1. The Labute approximate surface area is 127 Å². The van der Waals surface area contributed by atoms with Gasteiger partial charge in [-0.05, 0) is 42.0 Å². The van der Waals surface area contributed by atoms with Crippen molar-refractivity contribution < 1.29 is 18.3 Å². The summed E-state index contributed by atoms with van der Waals surface area (Å²) < 4.78 is 24.4. The molecule has 0 saturated heterocycles. The van der Waals surface area contributed by atoms with Crippen LogP contribution in [-0.4, -0.2) is 25.2 Å². The van der Waals surface area contributed by atoms with E-state index in [1.165, 1.54) is 6.07 Å². The van der Waals surface area contributed by atoms with Crippen LogP contribution in [0.2, 0.25) is 10.0 Å². The van der Waals surface area contributed by atoms with Crippen molar-refractivity contribution in [2.45, 2.75) is 25.0 Å². The summed E-state index contributed by atoms with van der Waals surface area (Å²) in [6, 6.07) is 4.67. The maximum atomic E-state index is 12.2. The third-order valence-corrected chi connectivity index (χ3v) is 5.80. The Bertz CT molecular complexity index is 636. The Hall–Kier alpha value is -0.780. The van der Waals surface area contributed by atoms with E-state index in [1.807, 2.05) is 0 Å². The molecule has 1 aliphatic rings. The van der Waals surface area contributed by atoms with Crippen molar-refractivity contribution in [3.05, 3.63) is 33.8 Å². The maximum Gasteiger partial charge on any atom is 0.303 e. The fraction of sp³-hybridized carbons (Fsp3) is 0.462. The first-order valence-corrected chi connectivity index (χ1v) is 8.65. The van der Waals surface area contributed by atoms with Crippen LogP contribution in [0, 0.1) is 5.41 Å². The van der Waals surface area contributed by atoms with Crippen molar-refractivity contribution in [2.75, 3.05) is 5.75 Å². The summed E-state index contributed by atoms with van der Waals surface area (Å²) >= 11 is 11.8. The topological polar surface area (TPSA) is 71.4 Å². The summed E-state index contributed by atoms with van der Waals surface area (Å²) in [4.78, 5) is 10.8. The predicted molar refractivity (Wildman–Crippen MR) is 77.9 cm³/mol. The molecule has 4 nitrogen and oxygen atoms in total. The fourth-order valence-corrected chi connectivity index (χ4v) is 4.87. The minimum atomic E-state index is -3.42. The van der Waals surface area contributed by atoms with Gasteiger partial charge in [0, 0.05) is 10.0 Å². The number of sulfone groups is 1. The van der Waals surface area contributed by atoms with Crippen molar-refractivity contribution in [3.8, 4) is 0 Å². The Morgan fingerprint density at radius 1 is 1.30 bits per heavy atom. The number of halogens is 2. The van der Waals surface area contributed by atoms with E-state index in [-0.39, 0.29) is 17.9 Å². The van der Waals surface area contributed by atoms with Crippen LogP contribution < -0.4 is 0 Å². The molecule has 110 valence electrons. The molecule has 0 atom stereocenters. The van der Waals surface area contributed by atoms with Crippen LogP contribution in [0.4, 0.5) is 0 Å². The molecule has 2 rings (SSSR count). The molecular formula is C13H14Cl2O4S. The molecule has 0 aliphatic heterocycles. The highest BCUT2D eigenvalue weighted by atomic mass is 35.5. The summed E-state index contributed by atoms with van der Waals surface area (Å²) in [5, 5.41) is 9.59. The van der Waals surface area contributed by atoms with Gasteiger partial charge in [-0.25, -0.2) is 8.42 Å².